The average molecular weight is 392 g/mol. The maximum atomic E-state index is 13.3. The van der Waals surface area contributed by atoms with Crippen molar-refractivity contribution in [2.75, 3.05) is 16.9 Å². The van der Waals surface area contributed by atoms with Gasteiger partial charge in [0.2, 0.25) is 5.95 Å². The van der Waals surface area contributed by atoms with Gasteiger partial charge in [-0.3, -0.25) is 4.79 Å². The number of nitrogens with zero attached hydrogens (tertiary/aromatic N) is 3. The molecule has 1 aromatic heterocycles. The fourth-order valence-electron chi connectivity index (χ4n) is 3.38. The van der Waals surface area contributed by atoms with Gasteiger partial charge in [0.15, 0.2) is 0 Å². The molecule has 2 heterocycles. The second kappa shape index (κ2) is 7.52. The van der Waals surface area contributed by atoms with Crippen LogP contribution in [-0.4, -0.2) is 26.9 Å². The summed E-state index contributed by atoms with van der Waals surface area (Å²) in [5.41, 5.74) is 4.19. The molecule has 0 radical (unpaired) electrons. The van der Waals surface area contributed by atoms with Gasteiger partial charge in [-0.15, -0.1) is 11.8 Å². The fraction of sp³-hybridized carbons (Fsp3) is 0.190. The van der Waals surface area contributed by atoms with E-state index in [9.17, 15) is 4.79 Å². The number of allylic oxidation sites excluding steroid dienone is 1. The molecule has 3 aromatic rings. The van der Waals surface area contributed by atoms with Crippen LogP contribution < -0.4 is 10.6 Å². The molecule has 0 saturated carbocycles. The number of thioether (sulfide) groups is 1. The molecule has 2 aromatic carbocycles. The van der Waals surface area contributed by atoms with Crippen molar-refractivity contribution in [2.45, 2.75) is 24.8 Å². The Morgan fingerprint density at radius 2 is 1.89 bits per heavy atom. The summed E-state index contributed by atoms with van der Waals surface area (Å²) in [6.45, 7) is 3.87. The van der Waals surface area contributed by atoms with Crippen LogP contribution in [0.2, 0.25) is 0 Å². The molecule has 0 bridgehead atoms. The highest BCUT2D eigenvalue weighted by atomic mass is 32.2. The summed E-state index contributed by atoms with van der Waals surface area (Å²) in [4.78, 5) is 18.7. The summed E-state index contributed by atoms with van der Waals surface area (Å²) < 4.78 is 1.76. The third kappa shape index (κ3) is 3.29. The highest BCUT2D eigenvalue weighted by molar-refractivity contribution is 7.98. The molecule has 6 nitrogen and oxygen atoms in total. The molecule has 7 heteroatoms. The van der Waals surface area contributed by atoms with E-state index in [-0.39, 0.29) is 11.9 Å². The molecule has 1 aliphatic rings. The molecule has 1 atom stereocenters. The summed E-state index contributed by atoms with van der Waals surface area (Å²) in [6.07, 6.45) is 3.54. The van der Waals surface area contributed by atoms with Crippen LogP contribution in [0.15, 0.2) is 71.0 Å². The van der Waals surface area contributed by atoms with Gasteiger partial charge in [-0.2, -0.15) is 10.1 Å². The molecule has 0 fully saturated rings. The zero-order valence-corrected chi connectivity index (χ0v) is 16.7. The van der Waals surface area contributed by atoms with E-state index in [1.807, 2.05) is 56.5 Å². The Morgan fingerprint density at radius 3 is 2.61 bits per heavy atom. The van der Waals surface area contributed by atoms with Crippen molar-refractivity contribution in [1.82, 2.24) is 14.8 Å². The Balaban J connectivity index is 1.76. The number of anilines is 2. The quantitative estimate of drug-likeness (QED) is 0.651. The second-order valence-electron chi connectivity index (χ2n) is 6.64. The molecule has 142 valence electrons. The van der Waals surface area contributed by atoms with Gasteiger partial charge < -0.3 is 10.6 Å². The zero-order chi connectivity index (χ0) is 19.7. The molecule has 0 unspecified atom stereocenters. The number of nitrogens with one attached hydrogen (secondary N) is 2. The van der Waals surface area contributed by atoms with Gasteiger partial charge in [-0.25, -0.2) is 4.68 Å². The predicted octanol–water partition coefficient (Wildman–Crippen LogP) is 4.24. The number of amides is 1. The SMILES string of the molecule is CSc1ccc([C@@H]2C(C(=O)Nc3ccccc3C)=C(C)Nc3ncnn32)cc1. The van der Waals surface area contributed by atoms with Crippen LogP contribution in [0, 0.1) is 6.92 Å². The van der Waals surface area contributed by atoms with Gasteiger partial charge in [0.05, 0.1) is 5.57 Å². The number of hydrogen-bond donors (Lipinski definition) is 2. The van der Waals surface area contributed by atoms with Crippen LogP contribution in [0.25, 0.3) is 0 Å². The largest absolute Gasteiger partial charge is 0.328 e. The maximum Gasteiger partial charge on any atom is 0.255 e. The van der Waals surface area contributed by atoms with E-state index >= 15 is 0 Å². The van der Waals surface area contributed by atoms with Crippen molar-refractivity contribution in [2.24, 2.45) is 0 Å². The summed E-state index contributed by atoms with van der Waals surface area (Å²) in [7, 11) is 0. The van der Waals surface area contributed by atoms with Crippen LogP contribution in [0.4, 0.5) is 11.6 Å². The minimum atomic E-state index is -0.348. The number of aromatic nitrogens is 3. The molecule has 2 N–H and O–H groups in total. The van der Waals surface area contributed by atoms with Crippen molar-refractivity contribution < 1.29 is 4.79 Å². The molecule has 4 rings (SSSR count). The molecular weight excluding hydrogens is 370 g/mol. The highest BCUT2D eigenvalue weighted by Crippen LogP contribution is 2.35. The van der Waals surface area contributed by atoms with Crippen molar-refractivity contribution >= 4 is 29.3 Å². The summed E-state index contributed by atoms with van der Waals surface area (Å²) in [5.74, 6) is 0.475. The molecule has 0 spiro atoms. The van der Waals surface area contributed by atoms with Crippen molar-refractivity contribution in [3.63, 3.8) is 0 Å². The fourth-order valence-corrected chi connectivity index (χ4v) is 3.79. The van der Waals surface area contributed by atoms with E-state index < -0.39 is 0 Å². The van der Waals surface area contributed by atoms with Crippen LogP contribution in [0.3, 0.4) is 0 Å². The Labute approximate surface area is 168 Å². The Bertz CT molecular complexity index is 1050. The van der Waals surface area contributed by atoms with E-state index in [2.05, 4.69) is 32.8 Å². The lowest BCUT2D eigenvalue weighted by molar-refractivity contribution is -0.113. The minimum absolute atomic E-state index is 0.153. The van der Waals surface area contributed by atoms with Gasteiger partial charge in [0, 0.05) is 16.3 Å². The average Bonchev–Trinajstić information content (AvgIpc) is 3.16. The predicted molar refractivity (Wildman–Crippen MR) is 113 cm³/mol. The van der Waals surface area contributed by atoms with Gasteiger partial charge >= 0.3 is 0 Å². The van der Waals surface area contributed by atoms with Gasteiger partial charge in [-0.05, 0) is 49.4 Å². The van der Waals surface area contributed by atoms with Crippen molar-refractivity contribution in [3.05, 3.63) is 77.3 Å². The molecule has 1 aliphatic heterocycles. The van der Waals surface area contributed by atoms with Crippen LogP contribution in [-0.2, 0) is 4.79 Å². The first-order valence-electron chi connectivity index (χ1n) is 8.96. The lowest BCUT2D eigenvalue weighted by atomic mass is 9.95. The lowest BCUT2D eigenvalue weighted by Crippen LogP contribution is -2.31. The number of aryl methyl sites for hydroxylation is 1. The van der Waals surface area contributed by atoms with Gasteiger partial charge in [0.25, 0.3) is 5.91 Å². The molecule has 0 saturated heterocycles. The first-order chi connectivity index (χ1) is 13.6. The monoisotopic (exact) mass is 391 g/mol. The lowest BCUT2D eigenvalue weighted by Gasteiger charge is -2.29. The summed E-state index contributed by atoms with van der Waals surface area (Å²) in [5, 5.41) is 10.6. The highest BCUT2D eigenvalue weighted by Gasteiger charge is 2.33. The second-order valence-corrected chi connectivity index (χ2v) is 7.52. The van der Waals surface area contributed by atoms with E-state index in [1.165, 1.54) is 11.2 Å². The zero-order valence-electron chi connectivity index (χ0n) is 15.9. The number of fused-ring (bicyclic) bond motifs is 1. The Morgan fingerprint density at radius 1 is 1.14 bits per heavy atom. The number of rotatable bonds is 4. The number of carbonyl (C=O) groups is 1. The molecule has 0 aliphatic carbocycles. The van der Waals surface area contributed by atoms with Crippen molar-refractivity contribution in [1.29, 1.82) is 0 Å². The number of benzene rings is 2. The third-order valence-electron chi connectivity index (χ3n) is 4.86. The molecule has 28 heavy (non-hydrogen) atoms. The van der Waals surface area contributed by atoms with E-state index in [4.69, 9.17) is 0 Å². The van der Waals surface area contributed by atoms with E-state index in [0.29, 0.717) is 11.5 Å². The van der Waals surface area contributed by atoms with Crippen LogP contribution >= 0.6 is 11.8 Å². The molecule has 1 amide bonds. The normalized spacial score (nSPS) is 15.8. The van der Waals surface area contributed by atoms with Gasteiger partial charge in [-0.1, -0.05) is 30.3 Å². The smallest absolute Gasteiger partial charge is 0.255 e. The van der Waals surface area contributed by atoms with E-state index in [0.717, 1.165) is 22.5 Å². The van der Waals surface area contributed by atoms with Crippen molar-refractivity contribution in [3.8, 4) is 0 Å². The first kappa shape index (κ1) is 18.3. The number of para-hydroxylation sites is 1. The van der Waals surface area contributed by atoms with Crippen LogP contribution in [0.5, 0.6) is 0 Å². The number of carbonyl (C=O) groups excluding carboxylic acids is 1. The molecular formula is C21H21N5OS. The van der Waals surface area contributed by atoms with E-state index in [1.54, 1.807) is 16.4 Å². The minimum Gasteiger partial charge on any atom is -0.328 e. The maximum absolute atomic E-state index is 13.3. The standard InChI is InChI=1S/C21H21N5OS/c1-13-6-4-5-7-17(13)25-20(27)18-14(2)24-21-22-12-23-26(21)19(18)15-8-10-16(28-3)11-9-15/h4-12,19H,1-3H3,(H,25,27)(H,22,23,24)/t19-/m1/s1. The summed E-state index contributed by atoms with van der Waals surface area (Å²) in [6, 6.07) is 15.6. The Hall–Kier alpha value is -3.06. The summed E-state index contributed by atoms with van der Waals surface area (Å²) >= 11 is 1.68. The topological polar surface area (TPSA) is 71.8 Å². The van der Waals surface area contributed by atoms with Gasteiger partial charge in [0.1, 0.15) is 12.4 Å². The number of hydrogen-bond acceptors (Lipinski definition) is 5. The first-order valence-corrected chi connectivity index (χ1v) is 10.2. The Kier molecular flexibility index (Phi) is 4.92. The third-order valence-corrected chi connectivity index (χ3v) is 5.61. The van der Waals surface area contributed by atoms with Crippen LogP contribution in [0.1, 0.15) is 24.1 Å².